The Morgan fingerprint density at radius 1 is 1.08 bits per heavy atom. The van der Waals surface area contributed by atoms with Crippen LogP contribution in [0.1, 0.15) is 42.7 Å². The number of aromatic nitrogens is 1. The van der Waals surface area contributed by atoms with E-state index in [1.807, 2.05) is 18.2 Å². The van der Waals surface area contributed by atoms with Crippen molar-refractivity contribution in [2.45, 2.75) is 39.3 Å². The lowest BCUT2D eigenvalue weighted by Gasteiger charge is -2.28. The molecule has 2 aromatic carbocycles. The molecule has 3 heteroatoms. The first-order valence-corrected chi connectivity index (χ1v) is 9.58. The van der Waals surface area contributed by atoms with Crippen molar-refractivity contribution in [1.82, 2.24) is 9.47 Å². The van der Waals surface area contributed by atoms with Gasteiger partial charge in [0.1, 0.15) is 5.69 Å². The summed E-state index contributed by atoms with van der Waals surface area (Å²) in [5.74, 6) is 0.668. The van der Waals surface area contributed by atoms with Crippen LogP contribution in [0.25, 0.3) is 10.9 Å². The number of para-hydroxylation sites is 1. The highest BCUT2D eigenvalue weighted by Crippen LogP contribution is 2.28. The number of benzene rings is 2. The van der Waals surface area contributed by atoms with Crippen molar-refractivity contribution in [2.24, 2.45) is 5.92 Å². The van der Waals surface area contributed by atoms with Crippen LogP contribution in [0, 0.1) is 5.92 Å². The van der Waals surface area contributed by atoms with Crippen LogP contribution in [-0.4, -0.2) is 28.0 Å². The van der Waals surface area contributed by atoms with Crippen molar-refractivity contribution in [3.05, 3.63) is 71.9 Å². The van der Waals surface area contributed by atoms with Gasteiger partial charge in [-0.1, -0.05) is 62.4 Å². The Balaban J connectivity index is 1.77. The molecular weight excluding hydrogens is 320 g/mol. The lowest BCUT2D eigenvalue weighted by Crippen LogP contribution is -2.39. The molecule has 134 valence electrons. The minimum Gasteiger partial charge on any atom is -0.334 e. The average Bonchev–Trinajstić information content (AvgIpc) is 3.28. The first-order valence-electron chi connectivity index (χ1n) is 9.58. The summed E-state index contributed by atoms with van der Waals surface area (Å²) < 4.78 is 2.18. The van der Waals surface area contributed by atoms with Gasteiger partial charge in [-0.05, 0) is 36.5 Å². The molecule has 1 atom stereocenters. The number of amides is 1. The van der Waals surface area contributed by atoms with E-state index < -0.39 is 0 Å². The number of nitrogens with zero attached hydrogens (tertiary/aromatic N) is 2. The van der Waals surface area contributed by atoms with Crippen LogP contribution in [0.3, 0.4) is 0 Å². The number of carbonyl (C=O) groups excluding carboxylic acids is 1. The molecule has 3 aromatic rings. The smallest absolute Gasteiger partial charge is 0.270 e. The molecule has 0 aliphatic carbocycles. The zero-order valence-electron chi connectivity index (χ0n) is 15.6. The molecule has 3 nitrogen and oxygen atoms in total. The summed E-state index contributed by atoms with van der Waals surface area (Å²) in [4.78, 5) is 15.5. The van der Waals surface area contributed by atoms with Crippen molar-refractivity contribution < 1.29 is 4.79 Å². The molecule has 1 saturated heterocycles. The first kappa shape index (κ1) is 16.9. The maximum Gasteiger partial charge on any atom is 0.270 e. The van der Waals surface area contributed by atoms with E-state index in [0.717, 1.165) is 42.5 Å². The number of hydrogen-bond acceptors (Lipinski definition) is 1. The topological polar surface area (TPSA) is 25.2 Å². The van der Waals surface area contributed by atoms with E-state index in [0.29, 0.717) is 12.0 Å². The molecule has 1 aromatic heterocycles. The third kappa shape index (κ3) is 3.03. The minimum atomic E-state index is 0.174. The van der Waals surface area contributed by atoms with Gasteiger partial charge in [-0.2, -0.15) is 0 Å². The van der Waals surface area contributed by atoms with Gasteiger partial charge in [-0.25, -0.2) is 0 Å². The predicted molar refractivity (Wildman–Crippen MR) is 106 cm³/mol. The van der Waals surface area contributed by atoms with E-state index in [1.165, 1.54) is 5.56 Å². The van der Waals surface area contributed by atoms with Crippen LogP contribution in [0.2, 0.25) is 0 Å². The van der Waals surface area contributed by atoms with Crippen molar-refractivity contribution in [2.75, 3.05) is 6.54 Å². The number of likely N-dealkylation sites (tertiary alicyclic amines) is 1. The molecule has 0 N–H and O–H groups in total. The first-order chi connectivity index (χ1) is 12.6. The third-order valence-corrected chi connectivity index (χ3v) is 5.54. The molecule has 1 aliphatic heterocycles. The number of hydrogen-bond donors (Lipinski definition) is 0. The second-order valence-corrected chi connectivity index (χ2v) is 7.61. The second-order valence-electron chi connectivity index (χ2n) is 7.61. The summed E-state index contributed by atoms with van der Waals surface area (Å²) in [5.41, 5.74) is 3.15. The predicted octanol–water partition coefficient (Wildman–Crippen LogP) is 4.95. The van der Waals surface area contributed by atoms with Gasteiger partial charge in [0.2, 0.25) is 0 Å². The van der Waals surface area contributed by atoms with Crippen molar-refractivity contribution in [3.8, 4) is 0 Å². The Bertz CT molecular complexity index is 910. The highest BCUT2D eigenvalue weighted by molar-refractivity contribution is 5.99. The van der Waals surface area contributed by atoms with E-state index in [1.54, 1.807) is 0 Å². The molecule has 1 amide bonds. The molecule has 0 spiro atoms. The van der Waals surface area contributed by atoms with Crippen LogP contribution in [0.5, 0.6) is 0 Å². The van der Waals surface area contributed by atoms with E-state index in [-0.39, 0.29) is 5.91 Å². The van der Waals surface area contributed by atoms with Gasteiger partial charge in [0.05, 0.1) is 0 Å². The average molecular weight is 346 g/mol. The number of carbonyl (C=O) groups is 1. The van der Waals surface area contributed by atoms with Gasteiger partial charge in [-0.3, -0.25) is 4.79 Å². The van der Waals surface area contributed by atoms with Crippen LogP contribution < -0.4 is 0 Å². The largest absolute Gasteiger partial charge is 0.334 e. The third-order valence-electron chi connectivity index (χ3n) is 5.54. The van der Waals surface area contributed by atoms with Crippen LogP contribution in [0.15, 0.2) is 60.7 Å². The van der Waals surface area contributed by atoms with E-state index in [2.05, 4.69) is 65.8 Å². The van der Waals surface area contributed by atoms with Gasteiger partial charge in [0, 0.05) is 30.0 Å². The van der Waals surface area contributed by atoms with Gasteiger partial charge in [-0.15, -0.1) is 0 Å². The van der Waals surface area contributed by atoms with Gasteiger partial charge in [0.15, 0.2) is 0 Å². The van der Waals surface area contributed by atoms with Gasteiger partial charge in [0.25, 0.3) is 5.91 Å². The maximum absolute atomic E-state index is 13.4. The molecule has 0 radical (unpaired) electrons. The Morgan fingerprint density at radius 3 is 2.58 bits per heavy atom. The minimum absolute atomic E-state index is 0.174. The van der Waals surface area contributed by atoms with Crippen LogP contribution >= 0.6 is 0 Å². The lowest BCUT2D eigenvalue weighted by atomic mass is 10.0. The molecule has 0 bridgehead atoms. The summed E-state index contributed by atoms with van der Waals surface area (Å²) in [6.07, 6.45) is 2.22. The molecular formula is C23H26N2O. The quantitative estimate of drug-likeness (QED) is 0.656. The molecule has 1 aliphatic rings. The molecule has 0 saturated carbocycles. The zero-order chi connectivity index (χ0) is 18.1. The van der Waals surface area contributed by atoms with Gasteiger partial charge >= 0.3 is 0 Å². The summed E-state index contributed by atoms with van der Waals surface area (Å²) in [6.45, 7) is 6.02. The molecule has 4 rings (SSSR count). The monoisotopic (exact) mass is 346 g/mol. The Morgan fingerprint density at radius 2 is 1.81 bits per heavy atom. The molecule has 0 unspecified atom stereocenters. The zero-order valence-corrected chi connectivity index (χ0v) is 15.6. The summed E-state index contributed by atoms with van der Waals surface area (Å²) in [5, 5.41) is 1.13. The van der Waals surface area contributed by atoms with Crippen LogP contribution in [-0.2, 0) is 6.54 Å². The Hall–Kier alpha value is -2.55. The van der Waals surface area contributed by atoms with Crippen molar-refractivity contribution in [1.29, 1.82) is 0 Å². The van der Waals surface area contributed by atoms with Crippen molar-refractivity contribution >= 4 is 16.8 Å². The standard InChI is InChI=1S/C23H26N2O/c1-17(2)20-13-8-14-24(20)23(26)22-15-19-11-6-7-12-21(19)25(22)16-18-9-4-3-5-10-18/h3-7,9-12,15,17,20H,8,13-14,16H2,1-2H3/t20-/m0/s1. The van der Waals surface area contributed by atoms with Gasteiger partial charge < -0.3 is 9.47 Å². The van der Waals surface area contributed by atoms with Crippen LogP contribution in [0.4, 0.5) is 0 Å². The Kier molecular flexibility index (Phi) is 4.54. The fourth-order valence-corrected chi connectivity index (χ4v) is 4.21. The van der Waals surface area contributed by atoms with E-state index in [4.69, 9.17) is 0 Å². The number of fused-ring (bicyclic) bond motifs is 1. The second kappa shape index (κ2) is 6.99. The summed E-state index contributed by atoms with van der Waals surface area (Å²) in [6, 6.07) is 21.1. The molecule has 26 heavy (non-hydrogen) atoms. The molecule has 2 heterocycles. The fraction of sp³-hybridized carbons (Fsp3) is 0.348. The summed E-state index contributed by atoms with van der Waals surface area (Å²) >= 11 is 0. The van der Waals surface area contributed by atoms with Crippen molar-refractivity contribution in [3.63, 3.8) is 0 Å². The van der Waals surface area contributed by atoms with E-state index >= 15 is 0 Å². The lowest BCUT2D eigenvalue weighted by molar-refractivity contribution is 0.0691. The maximum atomic E-state index is 13.4. The fourth-order valence-electron chi connectivity index (χ4n) is 4.21. The summed E-state index contributed by atoms with van der Waals surface area (Å²) in [7, 11) is 0. The SMILES string of the molecule is CC(C)[C@@H]1CCCN1C(=O)c1cc2ccccc2n1Cc1ccccc1. The highest BCUT2D eigenvalue weighted by atomic mass is 16.2. The van der Waals surface area contributed by atoms with E-state index in [9.17, 15) is 4.79 Å². The normalized spacial score (nSPS) is 17.3. The Labute approximate surface area is 155 Å². The molecule has 1 fully saturated rings. The highest BCUT2D eigenvalue weighted by Gasteiger charge is 2.33. The number of rotatable bonds is 4.